The maximum Gasteiger partial charge on any atom is 0.137 e. The summed E-state index contributed by atoms with van der Waals surface area (Å²) in [5.41, 5.74) is 0.648. The molecule has 4 nitrogen and oxygen atoms in total. The summed E-state index contributed by atoms with van der Waals surface area (Å²) in [7, 11) is 0. The molecule has 0 spiro atoms. The van der Waals surface area contributed by atoms with Crippen LogP contribution >= 0.6 is 0 Å². The molecule has 1 fully saturated rings. The molecule has 1 saturated carbocycles. The second-order valence-electron chi connectivity index (χ2n) is 5.48. The first-order chi connectivity index (χ1) is 9.26. The summed E-state index contributed by atoms with van der Waals surface area (Å²) in [4.78, 5) is 3.95. The van der Waals surface area contributed by atoms with Crippen LogP contribution in [0.4, 0.5) is 0 Å². The van der Waals surface area contributed by atoms with Crippen molar-refractivity contribution in [3.05, 3.63) is 48.5 Å². The van der Waals surface area contributed by atoms with Crippen molar-refractivity contribution in [2.75, 3.05) is 0 Å². The lowest BCUT2D eigenvalue weighted by atomic mass is 9.85. The van der Waals surface area contributed by atoms with E-state index in [0.717, 1.165) is 25.7 Å². The average Bonchev–Trinajstić information content (AvgIpc) is 3.03. The summed E-state index contributed by atoms with van der Waals surface area (Å²) < 4.78 is 1.74. The Labute approximate surface area is 113 Å². The molecule has 1 aromatic carbocycles. The smallest absolute Gasteiger partial charge is 0.137 e. The minimum absolute atomic E-state index is 0.305. The molecule has 19 heavy (non-hydrogen) atoms. The maximum atomic E-state index is 10.9. The highest BCUT2D eigenvalue weighted by molar-refractivity contribution is 5.16. The first-order valence-electron chi connectivity index (χ1n) is 6.85. The molecule has 0 bridgehead atoms. The van der Waals surface area contributed by atoms with E-state index < -0.39 is 5.60 Å². The fraction of sp³-hybridized carbons (Fsp3) is 0.467. The SMILES string of the molecule is OC1(Cn2cncn2)CCCC1Cc1ccccc1. The molecule has 2 aromatic rings. The molecule has 2 unspecified atom stereocenters. The molecule has 1 aromatic heterocycles. The molecule has 0 radical (unpaired) electrons. The molecule has 100 valence electrons. The van der Waals surface area contributed by atoms with Gasteiger partial charge in [-0.1, -0.05) is 36.8 Å². The quantitative estimate of drug-likeness (QED) is 0.912. The topological polar surface area (TPSA) is 50.9 Å². The van der Waals surface area contributed by atoms with Crippen molar-refractivity contribution in [2.24, 2.45) is 5.92 Å². The van der Waals surface area contributed by atoms with Gasteiger partial charge in [-0.05, 0) is 30.7 Å². The van der Waals surface area contributed by atoms with E-state index in [1.54, 1.807) is 11.0 Å². The molecule has 1 aliphatic rings. The predicted octanol–water partition coefficient (Wildman–Crippen LogP) is 2.05. The number of nitrogens with zero attached hydrogens (tertiary/aromatic N) is 3. The number of rotatable bonds is 4. The van der Waals surface area contributed by atoms with E-state index in [2.05, 4.69) is 34.3 Å². The van der Waals surface area contributed by atoms with Crippen LogP contribution in [0.3, 0.4) is 0 Å². The zero-order chi connectivity index (χ0) is 13.1. The van der Waals surface area contributed by atoms with Crippen molar-refractivity contribution in [3.63, 3.8) is 0 Å². The van der Waals surface area contributed by atoms with Crippen LogP contribution in [0.1, 0.15) is 24.8 Å². The molecular formula is C15H19N3O. The Morgan fingerprint density at radius 3 is 2.89 bits per heavy atom. The van der Waals surface area contributed by atoms with Gasteiger partial charge in [0.25, 0.3) is 0 Å². The van der Waals surface area contributed by atoms with Crippen molar-refractivity contribution >= 4 is 0 Å². The monoisotopic (exact) mass is 257 g/mol. The summed E-state index contributed by atoms with van der Waals surface area (Å²) in [6, 6.07) is 10.4. The highest BCUT2D eigenvalue weighted by atomic mass is 16.3. The van der Waals surface area contributed by atoms with E-state index in [4.69, 9.17) is 0 Å². The molecule has 3 rings (SSSR count). The van der Waals surface area contributed by atoms with Crippen LogP contribution in [0.2, 0.25) is 0 Å². The molecular weight excluding hydrogens is 238 g/mol. The van der Waals surface area contributed by atoms with Crippen LogP contribution in [0.5, 0.6) is 0 Å². The van der Waals surface area contributed by atoms with E-state index in [9.17, 15) is 5.11 Å². The highest BCUT2D eigenvalue weighted by Gasteiger charge is 2.41. The Morgan fingerprint density at radius 1 is 1.32 bits per heavy atom. The van der Waals surface area contributed by atoms with Crippen LogP contribution < -0.4 is 0 Å². The van der Waals surface area contributed by atoms with Crippen LogP contribution in [0.15, 0.2) is 43.0 Å². The van der Waals surface area contributed by atoms with Gasteiger partial charge < -0.3 is 5.11 Å². The van der Waals surface area contributed by atoms with Crippen molar-refractivity contribution < 1.29 is 5.11 Å². The fourth-order valence-electron chi connectivity index (χ4n) is 3.12. The normalized spacial score (nSPS) is 26.7. The van der Waals surface area contributed by atoms with Gasteiger partial charge in [-0.3, -0.25) is 4.68 Å². The van der Waals surface area contributed by atoms with Gasteiger partial charge in [0.2, 0.25) is 0 Å². The van der Waals surface area contributed by atoms with Crippen LogP contribution in [-0.2, 0) is 13.0 Å². The number of aliphatic hydroxyl groups is 1. The third-order valence-electron chi connectivity index (χ3n) is 4.15. The van der Waals surface area contributed by atoms with E-state index in [1.807, 2.05) is 6.07 Å². The maximum absolute atomic E-state index is 10.9. The van der Waals surface area contributed by atoms with E-state index in [-0.39, 0.29) is 0 Å². The number of aromatic nitrogens is 3. The van der Waals surface area contributed by atoms with Gasteiger partial charge in [0.1, 0.15) is 12.7 Å². The van der Waals surface area contributed by atoms with E-state index >= 15 is 0 Å². The lowest BCUT2D eigenvalue weighted by molar-refractivity contribution is -0.0163. The second-order valence-corrected chi connectivity index (χ2v) is 5.48. The first kappa shape index (κ1) is 12.4. The molecule has 1 N–H and O–H groups in total. The summed E-state index contributed by atoms with van der Waals surface area (Å²) >= 11 is 0. The average molecular weight is 257 g/mol. The molecule has 4 heteroatoms. The van der Waals surface area contributed by atoms with Gasteiger partial charge in [0.05, 0.1) is 12.1 Å². The third kappa shape index (κ3) is 2.68. The predicted molar refractivity (Wildman–Crippen MR) is 72.5 cm³/mol. The zero-order valence-corrected chi connectivity index (χ0v) is 10.9. The lowest BCUT2D eigenvalue weighted by Crippen LogP contribution is -2.39. The van der Waals surface area contributed by atoms with Gasteiger partial charge in [0.15, 0.2) is 0 Å². The number of hydrogen-bond acceptors (Lipinski definition) is 3. The molecule has 0 aliphatic heterocycles. The minimum Gasteiger partial charge on any atom is -0.388 e. The summed E-state index contributed by atoms with van der Waals surface area (Å²) in [6.07, 6.45) is 7.15. The fourth-order valence-corrected chi connectivity index (χ4v) is 3.12. The minimum atomic E-state index is -0.649. The van der Waals surface area contributed by atoms with Gasteiger partial charge in [0, 0.05) is 0 Å². The Bertz CT molecular complexity index is 511. The standard InChI is InChI=1S/C15H19N3O/c19-15(10-18-12-16-11-17-18)8-4-7-14(15)9-13-5-2-1-3-6-13/h1-3,5-6,11-12,14,19H,4,7-10H2. The summed E-state index contributed by atoms with van der Waals surface area (Å²) in [5, 5.41) is 15.0. The molecule has 0 amide bonds. The third-order valence-corrected chi connectivity index (χ3v) is 4.15. The largest absolute Gasteiger partial charge is 0.388 e. The highest BCUT2D eigenvalue weighted by Crippen LogP contribution is 2.38. The summed E-state index contributed by atoms with van der Waals surface area (Å²) in [5.74, 6) is 0.305. The zero-order valence-electron chi connectivity index (χ0n) is 10.9. The van der Waals surface area contributed by atoms with Crippen molar-refractivity contribution in [1.29, 1.82) is 0 Å². The van der Waals surface area contributed by atoms with Gasteiger partial charge in [-0.25, -0.2) is 4.98 Å². The molecule has 2 atom stereocenters. The molecule has 0 saturated heterocycles. The van der Waals surface area contributed by atoms with E-state index in [0.29, 0.717) is 12.5 Å². The number of benzene rings is 1. The van der Waals surface area contributed by atoms with Crippen LogP contribution in [0, 0.1) is 5.92 Å². The second kappa shape index (κ2) is 5.13. The molecule has 1 aliphatic carbocycles. The Hall–Kier alpha value is -1.68. The van der Waals surface area contributed by atoms with Crippen molar-refractivity contribution in [2.45, 2.75) is 37.8 Å². The van der Waals surface area contributed by atoms with Gasteiger partial charge >= 0.3 is 0 Å². The van der Waals surface area contributed by atoms with Gasteiger partial charge in [-0.15, -0.1) is 0 Å². The summed E-state index contributed by atoms with van der Waals surface area (Å²) in [6.45, 7) is 0.546. The Balaban J connectivity index is 1.73. The van der Waals surface area contributed by atoms with Crippen LogP contribution in [0.25, 0.3) is 0 Å². The van der Waals surface area contributed by atoms with Crippen LogP contribution in [-0.4, -0.2) is 25.5 Å². The Morgan fingerprint density at radius 2 is 2.16 bits per heavy atom. The van der Waals surface area contributed by atoms with Gasteiger partial charge in [-0.2, -0.15) is 5.10 Å². The lowest BCUT2D eigenvalue weighted by Gasteiger charge is -2.30. The number of hydrogen-bond donors (Lipinski definition) is 1. The van der Waals surface area contributed by atoms with Crippen molar-refractivity contribution in [3.8, 4) is 0 Å². The van der Waals surface area contributed by atoms with Crippen molar-refractivity contribution in [1.82, 2.24) is 14.8 Å². The molecule has 1 heterocycles. The Kier molecular flexibility index (Phi) is 3.34. The van der Waals surface area contributed by atoms with E-state index in [1.165, 1.54) is 11.9 Å². The first-order valence-corrected chi connectivity index (χ1v) is 6.85.